The number of carbonyl (C=O) groups excluding carboxylic acids is 1. The van der Waals surface area contributed by atoms with E-state index < -0.39 is 5.82 Å². The van der Waals surface area contributed by atoms with Gasteiger partial charge in [-0.2, -0.15) is 0 Å². The molecule has 5 nitrogen and oxygen atoms in total. The lowest BCUT2D eigenvalue weighted by Gasteiger charge is -2.22. The second-order valence-corrected chi connectivity index (χ2v) is 6.96. The highest BCUT2D eigenvalue weighted by Crippen LogP contribution is 2.32. The Bertz CT molecular complexity index is 988. The molecule has 29 heavy (non-hydrogen) atoms. The van der Waals surface area contributed by atoms with Crippen molar-refractivity contribution in [1.29, 1.82) is 0 Å². The maximum Gasteiger partial charge on any atom is 0.261 e. The number of halogens is 2. The topological polar surface area (TPSA) is 55.6 Å². The lowest BCUT2D eigenvalue weighted by atomic mass is 10.1. The number of benzene rings is 2. The van der Waals surface area contributed by atoms with E-state index in [-0.39, 0.29) is 24.4 Å². The van der Waals surface area contributed by atoms with E-state index >= 15 is 0 Å². The van der Waals surface area contributed by atoms with Gasteiger partial charge in [0, 0.05) is 19.0 Å². The number of amides is 1. The first kappa shape index (κ1) is 19.1. The molecule has 0 saturated carbocycles. The monoisotopic (exact) mass is 398 g/mol. The van der Waals surface area contributed by atoms with Crippen LogP contribution in [0.2, 0.25) is 0 Å². The van der Waals surface area contributed by atoms with Gasteiger partial charge in [-0.25, -0.2) is 13.8 Å². The van der Waals surface area contributed by atoms with Crippen molar-refractivity contribution in [2.24, 2.45) is 0 Å². The molecule has 3 aromatic rings. The average molecular weight is 398 g/mol. The second-order valence-electron chi connectivity index (χ2n) is 6.96. The molecule has 1 atom stereocenters. The Labute approximate surface area is 166 Å². The molecule has 1 aliphatic heterocycles. The van der Waals surface area contributed by atoms with Crippen molar-refractivity contribution >= 4 is 5.91 Å². The summed E-state index contributed by atoms with van der Waals surface area (Å²) < 4.78 is 37.6. The Hall–Kier alpha value is -3.22. The maximum absolute atomic E-state index is 13.2. The van der Waals surface area contributed by atoms with E-state index in [0.717, 1.165) is 18.4 Å². The van der Waals surface area contributed by atoms with Crippen molar-refractivity contribution in [1.82, 2.24) is 9.88 Å². The summed E-state index contributed by atoms with van der Waals surface area (Å²) >= 11 is 0. The highest BCUT2D eigenvalue weighted by molar-refractivity contribution is 5.78. The number of rotatable bonds is 6. The van der Waals surface area contributed by atoms with E-state index in [1.807, 2.05) is 0 Å². The van der Waals surface area contributed by atoms with Crippen LogP contribution in [0.4, 0.5) is 8.78 Å². The van der Waals surface area contributed by atoms with Gasteiger partial charge in [-0.1, -0.05) is 18.2 Å². The summed E-state index contributed by atoms with van der Waals surface area (Å²) in [6.45, 7) is 0.411. The van der Waals surface area contributed by atoms with Crippen LogP contribution in [-0.2, 0) is 11.2 Å². The quantitative estimate of drug-likeness (QED) is 0.622. The van der Waals surface area contributed by atoms with E-state index in [1.165, 1.54) is 30.3 Å². The molecule has 0 radical (unpaired) electrons. The molecule has 0 aliphatic carbocycles. The fourth-order valence-electron chi connectivity index (χ4n) is 3.47. The molecule has 4 rings (SSSR count). The van der Waals surface area contributed by atoms with E-state index in [9.17, 15) is 13.6 Å². The molecular weight excluding hydrogens is 378 g/mol. The Balaban J connectivity index is 1.39. The first-order valence-electron chi connectivity index (χ1n) is 9.45. The molecule has 0 spiro atoms. The summed E-state index contributed by atoms with van der Waals surface area (Å²) in [6.07, 6.45) is 3.73. The van der Waals surface area contributed by atoms with Crippen molar-refractivity contribution in [3.63, 3.8) is 0 Å². The fraction of sp³-hybridized carbons (Fsp3) is 0.273. The van der Waals surface area contributed by atoms with Crippen LogP contribution in [0.3, 0.4) is 0 Å². The first-order chi connectivity index (χ1) is 14.1. The van der Waals surface area contributed by atoms with Gasteiger partial charge in [-0.3, -0.25) is 4.79 Å². The molecule has 2 aromatic carbocycles. The zero-order valence-corrected chi connectivity index (χ0v) is 15.7. The smallest absolute Gasteiger partial charge is 0.261 e. The van der Waals surface area contributed by atoms with E-state index in [2.05, 4.69) is 4.98 Å². The van der Waals surface area contributed by atoms with E-state index in [0.29, 0.717) is 30.4 Å². The Morgan fingerprint density at radius 2 is 2.00 bits per heavy atom. The van der Waals surface area contributed by atoms with Crippen LogP contribution in [0.25, 0.3) is 0 Å². The van der Waals surface area contributed by atoms with Crippen LogP contribution >= 0.6 is 0 Å². The zero-order valence-electron chi connectivity index (χ0n) is 15.7. The van der Waals surface area contributed by atoms with Crippen LogP contribution in [0, 0.1) is 11.6 Å². The number of hydrogen-bond donors (Lipinski definition) is 0. The number of aromatic nitrogens is 1. The van der Waals surface area contributed by atoms with Crippen LogP contribution in [-0.4, -0.2) is 28.9 Å². The van der Waals surface area contributed by atoms with Gasteiger partial charge in [-0.05, 0) is 42.7 Å². The summed E-state index contributed by atoms with van der Waals surface area (Å²) in [5.74, 6) is 0.553. The highest BCUT2D eigenvalue weighted by Gasteiger charge is 2.33. The lowest BCUT2D eigenvalue weighted by Crippen LogP contribution is -2.34. The molecule has 0 N–H and O–H groups in total. The summed E-state index contributed by atoms with van der Waals surface area (Å²) in [6, 6.07) is 11.7. The zero-order chi connectivity index (χ0) is 20.2. The molecule has 1 aliphatic rings. The Morgan fingerprint density at radius 1 is 1.17 bits per heavy atom. The van der Waals surface area contributed by atoms with Crippen molar-refractivity contribution in [2.45, 2.75) is 25.3 Å². The average Bonchev–Trinajstić information content (AvgIpc) is 3.37. The van der Waals surface area contributed by atoms with Crippen LogP contribution in [0.5, 0.6) is 5.75 Å². The normalized spacial score (nSPS) is 16.2. The summed E-state index contributed by atoms with van der Waals surface area (Å²) in [5.41, 5.74) is 0.914. The summed E-state index contributed by atoms with van der Waals surface area (Å²) in [5, 5.41) is 0. The van der Waals surface area contributed by atoms with Gasteiger partial charge < -0.3 is 14.1 Å². The number of carbonyl (C=O) groups is 1. The molecule has 7 heteroatoms. The van der Waals surface area contributed by atoms with Gasteiger partial charge in [0.15, 0.2) is 6.61 Å². The third-order valence-corrected chi connectivity index (χ3v) is 4.88. The molecular formula is C22H20F2N2O3. The van der Waals surface area contributed by atoms with E-state index in [4.69, 9.17) is 9.15 Å². The first-order valence-corrected chi connectivity index (χ1v) is 9.45. The van der Waals surface area contributed by atoms with Gasteiger partial charge in [0.05, 0.1) is 6.20 Å². The highest BCUT2D eigenvalue weighted by atomic mass is 19.1. The lowest BCUT2D eigenvalue weighted by molar-refractivity contribution is -0.134. The fourth-order valence-corrected chi connectivity index (χ4v) is 3.47. The molecule has 1 unspecified atom stereocenters. The van der Waals surface area contributed by atoms with Gasteiger partial charge in [0.1, 0.15) is 29.2 Å². The second kappa shape index (κ2) is 8.43. The van der Waals surface area contributed by atoms with Gasteiger partial charge >= 0.3 is 0 Å². The number of nitrogens with zero attached hydrogens (tertiary/aromatic N) is 2. The van der Waals surface area contributed by atoms with Crippen LogP contribution in [0.15, 0.2) is 59.1 Å². The standard InChI is InChI=1S/C22H20F2N2O3/c23-16-8-6-15(7-9-16)11-19-13-25-22(29-19)20-5-2-10-26(20)21(27)14-28-18-4-1-3-17(24)12-18/h1,3-4,6-9,12-13,20H,2,5,10-11,14H2. The van der Waals surface area contributed by atoms with Gasteiger partial charge in [0.2, 0.25) is 5.89 Å². The molecule has 1 fully saturated rings. The number of hydrogen-bond acceptors (Lipinski definition) is 4. The molecule has 1 amide bonds. The summed E-state index contributed by atoms with van der Waals surface area (Å²) in [4.78, 5) is 18.7. The molecule has 150 valence electrons. The third kappa shape index (κ3) is 4.62. The van der Waals surface area contributed by atoms with Crippen molar-refractivity contribution in [2.75, 3.05) is 13.2 Å². The minimum Gasteiger partial charge on any atom is -0.484 e. The molecule has 1 saturated heterocycles. The SMILES string of the molecule is O=C(COc1cccc(F)c1)N1CCCC1c1ncc(Cc2ccc(F)cc2)o1. The predicted molar refractivity (Wildman–Crippen MR) is 101 cm³/mol. The number of ether oxygens (including phenoxy) is 1. The minimum atomic E-state index is -0.414. The van der Waals surface area contributed by atoms with Gasteiger partial charge in [-0.15, -0.1) is 0 Å². The molecule has 0 bridgehead atoms. The van der Waals surface area contributed by atoms with E-state index in [1.54, 1.807) is 29.3 Å². The van der Waals surface area contributed by atoms with Gasteiger partial charge in [0.25, 0.3) is 5.91 Å². The van der Waals surface area contributed by atoms with Crippen LogP contribution < -0.4 is 4.74 Å². The Kier molecular flexibility index (Phi) is 5.55. The largest absolute Gasteiger partial charge is 0.484 e. The maximum atomic E-state index is 13.2. The predicted octanol–water partition coefficient (Wildman–Crippen LogP) is 4.29. The van der Waals surface area contributed by atoms with Crippen LogP contribution in [0.1, 0.15) is 36.1 Å². The summed E-state index contributed by atoms with van der Waals surface area (Å²) in [7, 11) is 0. The number of likely N-dealkylation sites (tertiary alicyclic amines) is 1. The van der Waals surface area contributed by atoms with Crippen molar-refractivity contribution in [3.05, 3.63) is 83.6 Å². The minimum absolute atomic E-state index is 0.177. The molecule has 1 aromatic heterocycles. The Morgan fingerprint density at radius 3 is 2.79 bits per heavy atom. The van der Waals surface area contributed by atoms with Crippen molar-refractivity contribution < 1.29 is 22.7 Å². The van der Waals surface area contributed by atoms with Crippen molar-refractivity contribution in [3.8, 4) is 5.75 Å². The molecule has 2 heterocycles. The number of oxazole rings is 1. The third-order valence-electron chi connectivity index (χ3n) is 4.88.